The van der Waals surface area contributed by atoms with Crippen LogP contribution in [-0.2, 0) is 11.2 Å². The van der Waals surface area contributed by atoms with Gasteiger partial charge in [0.05, 0.1) is 18.6 Å². The summed E-state index contributed by atoms with van der Waals surface area (Å²) in [6, 6.07) is 14.3. The first-order valence-corrected chi connectivity index (χ1v) is 9.45. The molecule has 0 spiro atoms. The van der Waals surface area contributed by atoms with Crippen LogP contribution in [0.1, 0.15) is 23.6 Å². The van der Waals surface area contributed by atoms with Crippen LogP contribution in [0.5, 0.6) is 11.5 Å². The molecule has 0 radical (unpaired) electrons. The van der Waals surface area contributed by atoms with Crippen molar-refractivity contribution in [1.82, 2.24) is 9.96 Å². The van der Waals surface area contributed by atoms with Crippen LogP contribution in [0, 0.1) is 0 Å². The van der Waals surface area contributed by atoms with Crippen LogP contribution in [0.25, 0.3) is 0 Å². The molecule has 148 valence electrons. The molecular weight excluding hydrogens is 360 g/mol. The second-order valence-electron chi connectivity index (χ2n) is 7.23. The molecule has 2 atom stereocenters. The zero-order valence-electron chi connectivity index (χ0n) is 15.5. The van der Waals surface area contributed by atoms with E-state index in [1.807, 2.05) is 30.3 Å². The topological polar surface area (TPSA) is 82.5 Å². The molecule has 28 heavy (non-hydrogen) atoms. The van der Waals surface area contributed by atoms with Crippen molar-refractivity contribution >= 4 is 5.91 Å². The number of hydroxylamine groups is 2. The summed E-state index contributed by atoms with van der Waals surface area (Å²) in [5, 5.41) is 21.4. The van der Waals surface area contributed by atoms with E-state index in [-0.39, 0.29) is 19.3 Å². The lowest BCUT2D eigenvalue weighted by molar-refractivity contribution is -0.177. The van der Waals surface area contributed by atoms with Gasteiger partial charge in [0.15, 0.2) is 11.5 Å². The van der Waals surface area contributed by atoms with Crippen LogP contribution in [0.3, 0.4) is 0 Å². The standard InChI is InChI=1S/C21H24N2O5/c24-17-8-9-22(12-17)13-18(16-4-2-1-3-5-16)23(26)21(25)11-15-6-7-19-20(10-15)28-14-27-19/h1-7,10,17-18,24,26H,8-9,11-14H2/t17-,18+/m0/s1. The summed E-state index contributed by atoms with van der Waals surface area (Å²) >= 11 is 0. The number of β-amino-alcohol motifs (C(OH)–C–C–N with tert-alkyl or cyclic N) is 1. The van der Waals surface area contributed by atoms with Gasteiger partial charge in [-0.15, -0.1) is 0 Å². The Kier molecular flexibility index (Phi) is 5.47. The molecule has 1 saturated heterocycles. The van der Waals surface area contributed by atoms with E-state index in [4.69, 9.17) is 9.47 Å². The van der Waals surface area contributed by atoms with E-state index in [2.05, 4.69) is 4.90 Å². The lowest BCUT2D eigenvalue weighted by Crippen LogP contribution is -2.40. The molecule has 7 heteroatoms. The summed E-state index contributed by atoms with van der Waals surface area (Å²) in [4.78, 5) is 14.9. The average Bonchev–Trinajstić information content (AvgIpc) is 3.34. The first kappa shape index (κ1) is 18.7. The number of rotatable bonds is 6. The van der Waals surface area contributed by atoms with Crippen LogP contribution in [-0.4, -0.2) is 58.7 Å². The quantitative estimate of drug-likeness (QED) is 0.586. The monoisotopic (exact) mass is 384 g/mol. The first-order valence-electron chi connectivity index (χ1n) is 9.45. The third-order valence-corrected chi connectivity index (χ3v) is 5.21. The van der Waals surface area contributed by atoms with Crippen LogP contribution in [0.4, 0.5) is 0 Å². The zero-order valence-corrected chi connectivity index (χ0v) is 15.5. The van der Waals surface area contributed by atoms with Gasteiger partial charge in [0, 0.05) is 19.6 Å². The molecule has 1 amide bonds. The Morgan fingerprint density at radius 1 is 1.18 bits per heavy atom. The highest BCUT2D eigenvalue weighted by molar-refractivity contribution is 5.78. The largest absolute Gasteiger partial charge is 0.454 e. The predicted molar refractivity (Wildman–Crippen MR) is 101 cm³/mol. The number of aliphatic hydroxyl groups is 1. The van der Waals surface area contributed by atoms with Crippen LogP contribution in [0.2, 0.25) is 0 Å². The Balaban J connectivity index is 1.49. The second-order valence-corrected chi connectivity index (χ2v) is 7.23. The summed E-state index contributed by atoms with van der Waals surface area (Å²) in [5.74, 6) is 0.875. The van der Waals surface area contributed by atoms with Crippen molar-refractivity contribution in [3.05, 3.63) is 59.7 Å². The molecule has 7 nitrogen and oxygen atoms in total. The Labute approximate surface area is 163 Å². The van der Waals surface area contributed by atoms with E-state index >= 15 is 0 Å². The van der Waals surface area contributed by atoms with E-state index in [0.29, 0.717) is 31.0 Å². The van der Waals surface area contributed by atoms with Gasteiger partial charge in [-0.2, -0.15) is 0 Å². The molecular formula is C21H24N2O5. The Morgan fingerprint density at radius 2 is 1.96 bits per heavy atom. The lowest BCUT2D eigenvalue weighted by Gasteiger charge is -2.30. The van der Waals surface area contributed by atoms with Gasteiger partial charge >= 0.3 is 0 Å². The number of ether oxygens (including phenoxy) is 2. The van der Waals surface area contributed by atoms with Crippen LogP contribution in [0.15, 0.2) is 48.5 Å². The minimum absolute atomic E-state index is 0.0547. The van der Waals surface area contributed by atoms with E-state index in [0.717, 1.165) is 22.7 Å². The lowest BCUT2D eigenvalue weighted by atomic mass is 10.0. The summed E-state index contributed by atoms with van der Waals surface area (Å²) in [5.41, 5.74) is 1.60. The van der Waals surface area contributed by atoms with Gasteiger partial charge in [-0.05, 0) is 29.7 Å². The van der Waals surface area contributed by atoms with Gasteiger partial charge < -0.3 is 14.6 Å². The molecule has 2 aromatic rings. The SMILES string of the molecule is O=C(Cc1ccc2c(c1)OCO2)N(O)[C@H](CN1CC[C@H](O)C1)c1ccccc1. The van der Waals surface area contributed by atoms with Gasteiger partial charge in [0.1, 0.15) is 0 Å². The average molecular weight is 384 g/mol. The predicted octanol–water partition coefficient (Wildman–Crippen LogP) is 1.98. The molecule has 2 heterocycles. The highest BCUT2D eigenvalue weighted by atomic mass is 16.7. The van der Waals surface area contributed by atoms with Crippen LogP contribution < -0.4 is 9.47 Å². The highest BCUT2D eigenvalue weighted by Crippen LogP contribution is 2.33. The number of amides is 1. The fourth-order valence-corrected chi connectivity index (χ4v) is 3.70. The van der Waals surface area contributed by atoms with E-state index in [1.54, 1.807) is 18.2 Å². The number of carbonyl (C=O) groups excluding carboxylic acids is 1. The van der Waals surface area contributed by atoms with Crippen molar-refractivity contribution in [2.45, 2.75) is 25.0 Å². The summed E-state index contributed by atoms with van der Waals surface area (Å²) < 4.78 is 10.6. The Bertz CT molecular complexity index is 829. The number of aliphatic hydroxyl groups excluding tert-OH is 1. The number of hydrogen-bond acceptors (Lipinski definition) is 6. The zero-order chi connectivity index (χ0) is 19.5. The number of fused-ring (bicyclic) bond motifs is 1. The minimum atomic E-state index is -0.506. The molecule has 2 aliphatic heterocycles. The van der Waals surface area contributed by atoms with Crippen LogP contribution >= 0.6 is 0 Å². The van der Waals surface area contributed by atoms with Gasteiger partial charge in [-0.25, -0.2) is 5.06 Å². The highest BCUT2D eigenvalue weighted by Gasteiger charge is 2.29. The molecule has 4 rings (SSSR count). The second kappa shape index (κ2) is 8.18. The van der Waals surface area contributed by atoms with Crippen molar-refractivity contribution in [2.75, 3.05) is 26.4 Å². The number of carbonyl (C=O) groups is 1. The fourth-order valence-electron chi connectivity index (χ4n) is 3.70. The molecule has 2 aliphatic rings. The van der Waals surface area contributed by atoms with E-state index < -0.39 is 11.9 Å². The fraction of sp³-hybridized carbons (Fsp3) is 0.381. The number of nitrogens with zero attached hydrogens (tertiary/aromatic N) is 2. The van der Waals surface area contributed by atoms with Crippen molar-refractivity contribution in [2.24, 2.45) is 0 Å². The Hall–Kier alpha value is -2.61. The van der Waals surface area contributed by atoms with Crippen molar-refractivity contribution < 1.29 is 24.6 Å². The minimum Gasteiger partial charge on any atom is -0.454 e. The molecule has 0 unspecified atom stereocenters. The van der Waals surface area contributed by atoms with Crippen molar-refractivity contribution in [3.63, 3.8) is 0 Å². The molecule has 0 aromatic heterocycles. The van der Waals surface area contributed by atoms with Gasteiger partial charge in [0.2, 0.25) is 6.79 Å². The van der Waals surface area contributed by atoms with E-state index in [1.165, 1.54) is 0 Å². The summed E-state index contributed by atoms with van der Waals surface area (Å²) in [6.45, 7) is 1.93. The van der Waals surface area contributed by atoms with Gasteiger partial charge in [0.25, 0.3) is 5.91 Å². The number of benzene rings is 2. The molecule has 0 aliphatic carbocycles. The maximum Gasteiger partial charge on any atom is 0.250 e. The number of hydrogen-bond donors (Lipinski definition) is 2. The van der Waals surface area contributed by atoms with Crippen molar-refractivity contribution in [1.29, 1.82) is 0 Å². The van der Waals surface area contributed by atoms with Gasteiger partial charge in [-0.3, -0.25) is 14.9 Å². The van der Waals surface area contributed by atoms with Crippen molar-refractivity contribution in [3.8, 4) is 11.5 Å². The maximum atomic E-state index is 12.8. The molecule has 2 aromatic carbocycles. The van der Waals surface area contributed by atoms with E-state index in [9.17, 15) is 15.1 Å². The first-order chi connectivity index (χ1) is 13.6. The molecule has 0 saturated carbocycles. The third-order valence-electron chi connectivity index (χ3n) is 5.21. The molecule has 0 bridgehead atoms. The summed E-state index contributed by atoms with van der Waals surface area (Å²) in [6.07, 6.45) is 0.407. The normalized spacial score (nSPS) is 19.6. The smallest absolute Gasteiger partial charge is 0.250 e. The summed E-state index contributed by atoms with van der Waals surface area (Å²) in [7, 11) is 0. The maximum absolute atomic E-state index is 12.8. The molecule has 1 fully saturated rings. The van der Waals surface area contributed by atoms with Gasteiger partial charge in [-0.1, -0.05) is 36.4 Å². The Morgan fingerprint density at radius 3 is 2.71 bits per heavy atom. The third kappa shape index (κ3) is 4.11. The molecule has 2 N–H and O–H groups in total. The number of likely N-dealkylation sites (tertiary alicyclic amines) is 1.